The Morgan fingerprint density at radius 2 is 1.69 bits per heavy atom. The van der Waals surface area contributed by atoms with Crippen LogP contribution < -0.4 is 0 Å². The van der Waals surface area contributed by atoms with Crippen LogP contribution in [0.5, 0.6) is 0 Å². The second kappa shape index (κ2) is 6.97. The Balaban J connectivity index is 2.16. The third-order valence-electron chi connectivity index (χ3n) is 3.44. The molecule has 0 aromatic rings. The monoisotopic (exact) mass is 222 g/mol. The molecular formula is C15H26O. The van der Waals surface area contributed by atoms with E-state index in [1.54, 1.807) is 0 Å². The molecule has 0 heterocycles. The minimum absolute atomic E-state index is 0.459. The van der Waals surface area contributed by atoms with Crippen molar-refractivity contribution >= 4 is 0 Å². The van der Waals surface area contributed by atoms with E-state index >= 15 is 0 Å². The molecule has 1 nitrogen and oxygen atoms in total. The van der Waals surface area contributed by atoms with Gasteiger partial charge in [-0.3, -0.25) is 0 Å². The Morgan fingerprint density at radius 3 is 2.19 bits per heavy atom. The Morgan fingerprint density at radius 1 is 1.06 bits per heavy atom. The molecule has 1 heteroatoms. The first-order valence-electron chi connectivity index (χ1n) is 6.69. The van der Waals surface area contributed by atoms with Crippen LogP contribution in [0.25, 0.3) is 0 Å². The van der Waals surface area contributed by atoms with Crippen molar-refractivity contribution in [3.8, 4) is 11.8 Å². The topological polar surface area (TPSA) is 9.23 Å². The smallest absolute Gasteiger partial charge is 0.108 e. The molecule has 0 spiro atoms. The molecule has 0 aromatic carbocycles. The van der Waals surface area contributed by atoms with Crippen LogP contribution in [0.3, 0.4) is 0 Å². The molecule has 0 radical (unpaired) electrons. The van der Waals surface area contributed by atoms with Crippen LogP contribution in [0, 0.1) is 29.6 Å². The van der Waals surface area contributed by atoms with Gasteiger partial charge in [0.25, 0.3) is 0 Å². The van der Waals surface area contributed by atoms with E-state index in [-0.39, 0.29) is 0 Å². The van der Waals surface area contributed by atoms with Crippen LogP contribution in [0.4, 0.5) is 0 Å². The molecule has 0 aliphatic heterocycles. The zero-order chi connectivity index (χ0) is 12.0. The molecule has 1 aliphatic carbocycles. The van der Waals surface area contributed by atoms with Gasteiger partial charge in [0.15, 0.2) is 0 Å². The first-order valence-corrected chi connectivity index (χ1v) is 6.69. The zero-order valence-electron chi connectivity index (χ0n) is 11.3. The molecule has 1 aliphatic rings. The Kier molecular flexibility index (Phi) is 5.91. The lowest BCUT2D eigenvalue weighted by molar-refractivity contribution is 0.0314. The van der Waals surface area contributed by atoms with Crippen molar-refractivity contribution in [3.05, 3.63) is 0 Å². The van der Waals surface area contributed by atoms with Crippen LogP contribution in [0.2, 0.25) is 0 Å². The van der Waals surface area contributed by atoms with Gasteiger partial charge in [0.05, 0.1) is 6.10 Å². The molecule has 0 amide bonds. The van der Waals surface area contributed by atoms with E-state index in [1.807, 2.05) is 0 Å². The molecule has 0 aromatic heterocycles. The van der Waals surface area contributed by atoms with Crippen LogP contribution in [-0.2, 0) is 4.74 Å². The van der Waals surface area contributed by atoms with E-state index in [1.165, 1.54) is 25.7 Å². The molecule has 0 atom stereocenters. The fourth-order valence-corrected chi connectivity index (χ4v) is 2.33. The van der Waals surface area contributed by atoms with Crippen molar-refractivity contribution in [2.45, 2.75) is 59.5 Å². The first-order chi connectivity index (χ1) is 7.59. The molecule has 92 valence electrons. The summed E-state index contributed by atoms with van der Waals surface area (Å²) in [4.78, 5) is 0. The van der Waals surface area contributed by atoms with Crippen molar-refractivity contribution in [2.75, 3.05) is 6.61 Å². The maximum Gasteiger partial charge on any atom is 0.108 e. The minimum Gasteiger partial charge on any atom is -0.366 e. The summed E-state index contributed by atoms with van der Waals surface area (Å²) in [5.74, 6) is 8.44. The predicted octanol–water partition coefficient (Wildman–Crippen LogP) is 3.88. The summed E-state index contributed by atoms with van der Waals surface area (Å²) >= 11 is 0. The van der Waals surface area contributed by atoms with Crippen LogP contribution in [0.1, 0.15) is 53.4 Å². The largest absolute Gasteiger partial charge is 0.366 e. The molecule has 1 fully saturated rings. The molecule has 1 saturated carbocycles. The number of ether oxygens (including phenoxy) is 1. The van der Waals surface area contributed by atoms with Gasteiger partial charge < -0.3 is 4.74 Å². The third-order valence-corrected chi connectivity index (χ3v) is 3.44. The fourth-order valence-electron chi connectivity index (χ4n) is 2.33. The van der Waals surface area contributed by atoms with E-state index in [2.05, 4.69) is 39.5 Å². The van der Waals surface area contributed by atoms with Crippen LogP contribution in [0.15, 0.2) is 0 Å². The van der Waals surface area contributed by atoms with Gasteiger partial charge in [-0.25, -0.2) is 0 Å². The van der Waals surface area contributed by atoms with Crippen molar-refractivity contribution in [1.82, 2.24) is 0 Å². The van der Waals surface area contributed by atoms with E-state index in [4.69, 9.17) is 4.74 Å². The minimum atomic E-state index is 0.459. The highest BCUT2D eigenvalue weighted by Crippen LogP contribution is 2.30. The quantitative estimate of drug-likeness (QED) is 0.659. The zero-order valence-corrected chi connectivity index (χ0v) is 11.3. The molecule has 0 N–H and O–H groups in total. The van der Waals surface area contributed by atoms with Crippen molar-refractivity contribution in [2.24, 2.45) is 17.8 Å². The standard InChI is InChI=1S/C15H26O/c1-12(2)6-5-11-16-15-9-7-14(8-10-15)13(3)4/h12-15H,7-11H2,1-4H3. The summed E-state index contributed by atoms with van der Waals surface area (Å²) in [7, 11) is 0. The maximum absolute atomic E-state index is 5.79. The predicted molar refractivity (Wildman–Crippen MR) is 69.2 cm³/mol. The lowest BCUT2D eigenvalue weighted by Crippen LogP contribution is -2.24. The highest BCUT2D eigenvalue weighted by atomic mass is 16.5. The van der Waals surface area contributed by atoms with E-state index in [9.17, 15) is 0 Å². The van der Waals surface area contributed by atoms with Crippen molar-refractivity contribution in [1.29, 1.82) is 0 Å². The lowest BCUT2D eigenvalue weighted by atomic mass is 9.80. The Labute approximate surface area is 101 Å². The average molecular weight is 222 g/mol. The molecule has 0 saturated heterocycles. The van der Waals surface area contributed by atoms with Crippen molar-refractivity contribution in [3.63, 3.8) is 0 Å². The third kappa shape index (κ3) is 5.03. The summed E-state index contributed by atoms with van der Waals surface area (Å²) in [6, 6.07) is 0. The second-order valence-corrected chi connectivity index (χ2v) is 5.57. The summed E-state index contributed by atoms with van der Waals surface area (Å²) in [5.41, 5.74) is 0. The number of hydrogen-bond donors (Lipinski definition) is 0. The van der Waals surface area contributed by atoms with Crippen molar-refractivity contribution < 1.29 is 4.74 Å². The number of hydrogen-bond acceptors (Lipinski definition) is 1. The highest BCUT2D eigenvalue weighted by molar-refractivity contribution is 5.01. The van der Waals surface area contributed by atoms with Gasteiger partial charge in [-0.15, -0.1) is 0 Å². The molecule has 16 heavy (non-hydrogen) atoms. The van der Waals surface area contributed by atoms with Gasteiger partial charge in [0.1, 0.15) is 6.61 Å². The van der Waals surface area contributed by atoms with Gasteiger partial charge in [-0.2, -0.15) is 0 Å². The molecule has 1 rings (SSSR count). The second-order valence-electron chi connectivity index (χ2n) is 5.57. The molecular weight excluding hydrogens is 196 g/mol. The maximum atomic E-state index is 5.79. The normalized spacial score (nSPS) is 25.6. The summed E-state index contributed by atoms with van der Waals surface area (Å²) in [5, 5.41) is 0. The van der Waals surface area contributed by atoms with E-state index in [0.29, 0.717) is 18.6 Å². The van der Waals surface area contributed by atoms with Gasteiger partial charge in [-0.05, 0) is 37.5 Å². The fraction of sp³-hybridized carbons (Fsp3) is 0.867. The van der Waals surface area contributed by atoms with Gasteiger partial charge in [-0.1, -0.05) is 39.5 Å². The van der Waals surface area contributed by atoms with Crippen LogP contribution in [-0.4, -0.2) is 12.7 Å². The van der Waals surface area contributed by atoms with Gasteiger partial charge in [0.2, 0.25) is 0 Å². The average Bonchev–Trinajstić information content (AvgIpc) is 2.25. The first kappa shape index (κ1) is 13.6. The van der Waals surface area contributed by atoms with Gasteiger partial charge >= 0.3 is 0 Å². The molecule has 0 unspecified atom stereocenters. The number of rotatable bonds is 3. The Hall–Kier alpha value is -0.480. The lowest BCUT2D eigenvalue weighted by Gasteiger charge is -2.30. The highest BCUT2D eigenvalue weighted by Gasteiger charge is 2.23. The SMILES string of the molecule is CC(C)C#CCOC1CCC(C(C)C)CC1. The summed E-state index contributed by atoms with van der Waals surface area (Å²) in [6.07, 6.45) is 5.59. The molecule has 0 bridgehead atoms. The van der Waals surface area contributed by atoms with Crippen LogP contribution >= 0.6 is 0 Å². The van der Waals surface area contributed by atoms with E-state index < -0.39 is 0 Å². The van der Waals surface area contributed by atoms with E-state index in [0.717, 1.165) is 11.8 Å². The summed E-state index contributed by atoms with van der Waals surface area (Å²) < 4.78 is 5.79. The summed E-state index contributed by atoms with van der Waals surface area (Å²) in [6.45, 7) is 9.51. The Bertz CT molecular complexity index is 236. The van der Waals surface area contributed by atoms with Gasteiger partial charge in [0, 0.05) is 5.92 Å².